The molecule has 2 aliphatic heterocycles. The van der Waals surface area contributed by atoms with Crippen molar-refractivity contribution >= 4 is 33.7 Å². The third-order valence-corrected chi connectivity index (χ3v) is 4.49. The molecule has 0 bridgehead atoms. The normalized spacial score (nSPS) is 21.3. The number of piperidine rings is 1. The second-order valence-corrected chi connectivity index (χ2v) is 5.86. The molecule has 7 heteroatoms. The number of rotatable bonds is 2. The SMILES string of the molecule is COc1ccc(Br)c2c1CN(C1CCC(=O)NC1=O)C2=O. The number of amides is 3. The third-order valence-electron chi connectivity index (χ3n) is 3.83. The Bertz CT molecular complexity index is 659. The van der Waals surface area contributed by atoms with E-state index in [0.717, 1.165) is 5.56 Å². The summed E-state index contributed by atoms with van der Waals surface area (Å²) in [5.41, 5.74) is 1.29. The maximum atomic E-state index is 12.6. The van der Waals surface area contributed by atoms with Crippen LogP contribution in [0.2, 0.25) is 0 Å². The molecule has 6 nitrogen and oxygen atoms in total. The number of imide groups is 1. The molecule has 1 atom stereocenters. The summed E-state index contributed by atoms with van der Waals surface area (Å²) in [5.74, 6) is -0.303. The predicted molar refractivity (Wildman–Crippen MR) is 76.7 cm³/mol. The molecule has 1 aromatic carbocycles. The van der Waals surface area contributed by atoms with Gasteiger partial charge in [-0.05, 0) is 34.5 Å². The van der Waals surface area contributed by atoms with Crippen LogP contribution in [0.3, 0.4) is 0 Å². The van der Waals surface area contributed by atoms with E-state index in [2.05, 4.69) is 21.2 Å². The van der Waals surface area contributed by atoms with Crippen LogP contribution in [-0.2, 0) is 16.1 Å². The Kier molecular flexibility index (Phi) is 3.44. The molecule has 21 heavy (non-hydrogen) atoms. The van der Waals surface area contributed by atoms with Gasteiger partial charge in [-0.2, -0.15) is 0 Å². The molecule has 3 amide bonds. The minimum atomic E-state index is -0.612. The molecule has 2 heterocycles. The first kappa shape index (κ1) is 14.1. The molecular weight excluding hydrogens is 340 g/mol. The predicted octanol–water partition coefficient (Wildman–Crippen LogP) is 1.22. The number of halogens is 1. The Morgan fingerprint density at radius 3 is 2.76 bits per heavy atom. The first-order valence-electron chi connectivity index (χ1n) is 6.53. The van der Waals surface area contributed by atoms with E-state index in [4.69, 9.17) is 4.74 Å². The topological polar surface area (TPSA) is 75.7 Å². The summed E-state index contributed by atoms with van der Waals surface area (Å²) < 4.78 is 5.96. The highest BCUT2D eigenvalue weighted by Crippen LogP contribution is 2.37. The molecular formula is C14H13BrN2O4. The van der Waals surface area contributed by atoms with E-state index in [-0.39, 0.29) is 18.2 Å². The molecule has 1 fully saturated rings. The minimum Gasteiger partial charge on any atom is -0.496 e. The minimum absolute atomic E-state index is 0.217. The Labute approximate surface area is 129 Å². The van der Waals surface area contributed by atoms with Gasteiger partial charge in [-0.25, -0.2) is 0 Å². The van der Waals surface area contributed by atoms with Crippen LogP contribution < -0.4 is 10.1 Å². The van der Waals surface area contributed by atoms with Crippen molar-refractivity contribution in [3.8, 4) is 5.75 Å². The van der Waals surface area contributed by atoms with Gasteiger partial charge >= 0.3 is 0 Å². The number of carbonyl (C=O) groups is 3. The monoisotopic (exact) mass is 352 g/mol. The Morgan fingerprint density at radius 1 is 1.33 bits per heavy atom. The van der Waals surface area contributed by atoms with Crippen molar-refractivity contribution in [3.05, 3.63) is 27.7 Å². The molecule has 0 aliphatic carbocycles. The van der Waals surface area contributed by atoms with Crippen molar-refractivity contribution in [2.75, 3.05) is 7.11 Å². The average molecular weight is 353 g/mol. The van der Waals surface area contributed by atoms with E-state index in [1.165, 1.54) is 4.90 Å². The van der Waals surface area contributed by atoms with Gasteiger partial charge in [0, 0.05) is 16.5 Å². The largest absolute Gasteiger partial charge is 0.496 e. The molecule has 0 saturated carbocycles. The second kappa shape index (κ2) is 5.14. The van der Waals surface area contributed by atoms with Crippen LogP contribution in [-0.4, -0.2) is 35.8 Å². The lowest BCUT2D eigenvalue weighted by atomic mass is 10.0. The van der Waals surface area contributed by atoms with Crippen molar-refractivity contribution in [2.24, 2.45) is 0 Å². The molecule has 0 spiro atoms. The molecule has 2 aliphatic rings. The zero-order valence-corrected chi connectivity index (χ0v) is 12.9. The fourth-order valence-electron chi connectivity index (χ4n) is 2.80. The fourth-order valence-corrected chi connectivity index (χ4v) is 3.34. The summed E-state index contributed by atoms with van der Waals surface area (Å²) in [4.78, 5) is 37.3. The van der Waals surface area contributed by atoms with Crippen molar-refractivity contribution < 1.29 is 19.1 Å². The molecule has 110 valence electrons. The van der Waals surface area contributed by atoms with Crippen molar-refractivity contribution in [3.63, 3.8) is 0 Å². The van der Waals surface area contributed by atoms with Gasteiger partial charge in [0.1, 0.15) is 11.8 Å². The number of fused-ring (bicyclic) bond motifs is 1. The number of hydrogen-bond donors (Lipinski definition) is 1. The van der Waals surface area contributed by atoms with Crippen molar-refractivity contribution in [1.82, 2.24) is 10.2 Å². The summed E-state index contributed by atoms with van der Waals surface area (Å²) in [7, 11) is 1.54. The van der Waals surface area contributed by atoms with Gasteiger partial charge in [-0.3, -0.25) is 19.7 Å². The molecule has 0 radical (unpaired) electrons. The van der Waals surface area contributed by atoms with Gasteiger partial charge < -0.3 is 9.64 Å². The summed E-state index contributed by atoms with van der Waals surface area (Å²) in [6.07, 6.45) is 0.596. The van der Waals surface area contributed by atoms with E-state index in [1.807, 2.05) is 0 Å². The van der Waals surface area contributed by atoms with Crippen LogP contribution in [0.1, 0.15) is 28.8 Å². The van der Waals surface area contributed by atoms with Gasteiger partial charge in [0.25, 0.3) is 5.91 Å². The van der Waals surface area contributed by atoms with Crippen LogP contribution in [0.15, 0.2) is 16.6 Å². The van der Waals surface area contributed by atoms with Crippen LogP contribution in [0.5, 0.6) is 5.75 Å². The first-order chi connectivity index (χ1) is 10.0. The van der Waals surface area contributed by atoms with Crippen LogP contribution in [0.25, 0.3) is 0 Å². The highest BCUT2D eigenvalue weighted by molar-refractivity contribution is 9.10. The second-order valence-electron chi connectivity index (χ2n) is 5.00. The molecule has 1 saturated heterocycles. The summed E-state index contributed by atoms with van der Waals surface area (Å²) >= 11 is 3.37. The molecule has 3 rings (SSSR count). The van der Waals surface area contributed by atoms with Crippen LogP contribution in [0.4, 0.5) is 0 Å². The number of nitrogens with zero attached hydrogens (tertiary/aromatic N) is 1. The first-order valence-corrected chi connectivity index (χ1v) is 7.32. The third kappa shape index (κ3) is 2.21. The number of methoxy groups -OCH3 is 1. The Balaban J connectivity index is 1.95. The number of nitrogens with one attached hydrogen (secondary N) is 1. The summed E-state index contributed by atoms with van der Waals surface area (Å²) in [6.45, 7) is 0.309. The van der Waals surface area contributed by atoms with Crippen molar-refractivity contribution in [2.45, 2.75) is 25.4 Å². The van der Waals surface area contributed by atoms with Crippen molar-refractivity contribution in [1.29, 1.82) is 0 Å². The Morgan fingerprint density at radius 2 is 2.10 bits per heavy atom. The van der Waals surface area contributed by atoms with E-state index in [0.29, 0.717) is 28.8 Å². The van der Waals surface area contributed by atoms with Crippen LogP contribution >= 0.6 is 15.9 Å². The van der Waals surface area contributed by atoms with Gasteiger partial charge in [0.15, 0.2) is 0 Å². The Hall–Kier alpha value is -1.89. The van der Waals surface area contributed by atoms with E-state index in [9.17, 15) is 14.4 Å². The highest BCUT2D eigenvalue weighted by atomic mass is 79.9. The number of ether oxygens (including phenoxy) is 1. The summed E-state index contributed by atoms with van der Waals surface area (Å²) in [5, 5.41) is 2.28. The average Bonchev–Trinajstić information content (AvgIpc) is 2.78. The van der Waals surface area contributed by atoms with E-state index < -0.39 is 11.9 Å². The number of hydrogen-bond acceptors (Lipinski definition) is 4. The van der Waals surface area contributed by atoms with Gasteiger partial charge in [0.05, 0.1) is 19.2 Å². The van der Waals surface area contributed by atoms with Gasteiger partial charge in [-0.15, -0.1) is 0 Å². The maximum absolute atomic E-state index is 12.6. The standard InChI is InChI=1S/C14H13BrN2O4/c1-21-10-4-2-8(15)12-7(10)6-17(14(12)20)9-3-5-11(18)16-13(9)19/h2,4,9H,3,5-6H2,1H3,(H,16,18,19). The zero-order valence-electron chi connectivity index (χ0n) is 11.3. The zero-order chi connectivity index (χ0) is 15.1. The van der Waals surface area contributed by atoms with Gasteiger partial charge in [0.2, 0.25) is 11.8 Å². The lowest BCUT2D eigenvalue weighted by Gasteiger charge is -2.29. The fraction of sp³-hybridized carbons (Fsp3) is 0.357. The molecule has 1 unspecified atom stereocenters. The quantitative estimate of drug-likeness (QED) is 0.812. The molecule has 1 N–H and O–H groups in total. The number of benzene rings is 1. The summed E-state index contributed by atoms with van der Waals surface area (Å²) in [6, 6.07) is 2.92. The van der Waals surface area contributed by atoms with E-state index in [1.54, 1.807) is 19.2 Å². The molecule has 1 aromatic rings. The smallest absolute Gasteiger partial charge is 0.256 e. The maximum Gasteiger partial charge on any atom is 0.256 e. The number of carbonyl (C=O) groups excluding carboxylic acids is 3. The molecule has 0 aromatic heterocycles. The lowest BCUT2D eigenvalue weighted by molar-refractivity contribution is -0.136. The van der Waals surface area contributed by atoms with Crippen LogP contribution in [0, 0.1) is 0 Å². The van der Waals surface area contributed by atoms with E-state index >= 15 is 0 Å². The highest BCUT2D eigenvalue weighted by Gasteiger charge is 2.41. The lowest BCUT2D eigenvalue weighted by Crippen LogP contribution is -2.52. The van der Waals surface area contributed by atoms with Gasteiger partial charge in [-0.1, -0.05) is 0 Å².